The Morgan fingerprint density at radius 3 is 2.74 bits per heavy atom. The van der Waals surface area contributed by atoms with Gasteiger partial charge in [0, 0.05) is 35.3 Å². The van der Waals surface area contributed by atoms with Gasteiger partial charge >= 0.3 is 0 Å². The smallest absolute Gasteiger partial charge is 0.227 e. The van der Waals surface area contributed by atoms with Crippen LogP contribution in [0.3, 0.4) is 0 Å². The van der Waals surface area contributed by atoms with Crippen molar-refractivity contribution >= 4 is 28.6 Å². The lowest BCUT2D eigenvalue weighted by atomic mass is 9.90. The minimum absolute atomic E-state index is 0.0606. The van der Waals surface area contributed by atoms with Crippen LogP contribution in [0, 0.1) is 5.92 Å². The van der Waals surface area contributed by atoms with Crippen molar-refractivity contribution in [1.29, 1.82) is 0 Å². The number of rotatable bonds is 5. The summed E-state index contributed by atoms with van der Waals surface area (Å²) in [4.78, 5) is 20.4. The van der Waals surface area contributed by atoms with E-state index in [2.05, 4.69) is 41.2 Å². The Bertz CT molecular complexity index is 661. The van der Waals surface area contributed by atoms with Gasteiger partial charge in [0.1, 0.15) is 0 Å². The molecular formula is C18H23N3OS. The summed E-state index contributed by atoms with van der Waals surface area (Å²) in [6, 6.07) is 8.13. The predicted molar refractivity (Wildman–Crippen MR) is 96.3 cm³/mol. The van der Waals surface area contributed by atoms with Crippen molar-refractivity contribution in [3.8, 4) is 0 Å². The summed E-state index contributed by atoms with van der Waals surface area (Å²) in [5, 5.41) is 3.06. The van der Waals surface area contributed by atoms with Gasteiger partial charge in [-0.05, 0) is 57.4 Å². The van der Waals surface area contributed by atoms with E-state index in [1.54, 1.807) is 11.3 Å². The molecule has 1 N–H and O–H groups in total. The largest absolute Gasteiger partial charge is 0.372 e. The van der Waals surface area contributed by atoms with E-state index in [-0.39, 0.29) is 11.8 Å². The Morgan fingerprint density at radius 1 is 1.30 bits per heavy atom. The van der Waals surface area contributed by atoms with Gasteiger partial charge in [-0.25, -0.2) is 4.98 Å². The van der Waals surface area contributed by atoms with E-state index in [0.29, 0.717) is 0 Å². The number of nitrogens with one attached hydrogen (secondary N) is 1. The maximum Gasteiger partial charge on any atom is 0.227 e. The maximum absolute atomic E-state index is 12.5. The summed E-state index contributed by atoms with van der Waals surface area (Å²) < 4.78 is 0. The second-order valence-corrected chi connectivity index (χ2v) is 6.81. The lowest BCUT2D eigenvalue weighted by Gasteiger charge is -2.22. The highest BCUT2D eigenvalue weighted by Gasteiger charge is 2.26. The summed E-state index contributed by atoms with van der Waals surface area (Å²) in [6.07, 6.45) is 2.63. The fourth-order valence-electron chi connectivity index (χ4n) is 3.11. The molecule has 4 nitrogen and oxygen atoms in total. The minimum atomic E-state index is 0.0606. The molecule has 0 bridgehead atoms. The number of hydrogen-bond acceptors (Lipinski definition) is 4. The number of anilines is 2. The molecule has 2 aromatic rings. The molecule has 0 radical (unpaired) electrons. The molecule has 1 unspecified atom stereocenters. The molecule has 0 saturated heterocycles. The van der Waals surface area contributed by atoms with E-state index < -0.39 is 0 Å². The van der Waals surface area contributed by atoms with Crippen LogP contribution in [0.25, 0.3) is 0 Å². The van der Waals surface area contributed by atoms with Crippen molar-refractivity contribution in [2.24, 2.45) is 5.92 Å². The molecule has 23 heavy (non-hydrogen) atoms. The number of carbonyl (C=O) groups is 1. The lowest BCUT2D eigenvalue weighted by molar-refractivity contribution is -0.120. The van der Waals surface area contributed by atoms with Crippen molar-refractivity contribution in [2.45, 2.75) is 33.1 Å². The highest BCUT2D eigenvalue weighted by molar-refractivity contribution is 7.09. The molecule has 0 spiro atoms. The number of thiazole rings is 1. The van der Waals surface area contributed by atoms with Crippen LogP contribution in [0.15, 0.2) is 29.8 Å². The van der Waals surface area contributed by atoms with Gasteiger partial charge < -0.3 is 10.2 Å². The van der Waals surface area contributed by atoms with Gasteiger partial charge in [-0.2, -0.15) is 0 Å². The second-order valence-electron chi connectivity index (χ2n) is 5.87. The van der Waals surface area contributed by atoms with Crippen LogP contribution in [0.1, 0.15) is 30.8 Å². The molecule has 0 saturated carbocycles. The van der Waals surface area contributed by atoms with Crippen LogP contribution >= 0.6 is 11.3 Å². The molecule has 1 aromatic heterocycles. The van der Waals surface area contributed by atoms with E-state index in [1.165, 1.54) is 16.3 Å². The molecule has 1 aliphatic rings. The van der Waals surface area contributed by atoms with Crippen LogP contribution < -0.4 is 10.2 Å². The Morgan fingerprint density at radius 2 is 2.04 bits per heavy atom. The van der Waals surface area contributed by atoms with Gasteiger partial charge in [0.25, 0.3) is 0 Å². The monoisotopic (exact) mass is 329 g/mol. The summed E-state index contributed by atoms with van der Waals surface area (Å²) >= 11 is 1.67. The fraction of sp³-hybridized carbons (Fsp3) is 0.444. The van der Waals surface area contributed by atoms with Gasteiger partial charge in [0.05, 0.1) is 11.2 Å². The first-order valence-corrected chi connectivity index (χ1v) is 9.16. The first kappa shape index (κ1) is 16.0. The Labute approximate surface area is 141 Å². The summed E-state index contributed by atoms with van der Waals surface area (Å²) in [7, 11) is 0. The fourth-order valence-corrected chi connectivity index (χ4v) is 4.01. The highest BCUT2D eigenvalue weighted by Crippen LogP contribution is 2.28. The lowest BCUT2D eigenvalue weighted by Crippen LogP contribution is -2.27. The van der Waals surface area contributed by atoms with Gasteiger partial charge in [0.2, 0.25) is 5.91 Å². The van der Waals surface area contributed by atoms with Gasteiger partial charge in [-0.1, -0.05) is 0 Å². The van der Waals surface area contributed by atoms with Crippen LogP contribution in [0.5, 0.6) is 0 Å². The van der Waals surface area contributed by atoms with Gasteiger partial charge in [0.15, 0.2) is 0 Å². The van der Waals surface area contributed by atoms with Crippen LogP contribution in [0.4, 0.5) is 11.4 Å². The zero-order valence-corrected chi connectivity index (χ0v) is 14.5. The number of nitrogens with zero attached hydrogens (tertiary/aromatic N) is 2. The maximum atomic E-state index is 12.5. The quantitative estimate of drug-likeness (QED) is 0.909. The zero-order chi connectivity index (χ0) is 16.2. The van der Waals surface area contributed by atoms with Crippen LogP contribution in [0.2, 0.25) is 0 Å². The molecule has 122 valence electrons. The molecule has 1 atom stereocenters. The van der Waals surface area contributed by atoms with Crippen LogP contribution in [-0.4, -0.2) is 24.0 Å². The molecule has 0 fully saturated rings. The third-order valence-electron chi connectivity index (χ3n) is 4.52. The molecule has 0 aliphatic heterocycles. The summed E-state index contributed by atoms with van der Waals surface area (Å²) in [6.45, 7) is 6.27. The van der Waals surface area contributed by atoms with E-state index in [4.69, 9.17) is 0 Å². The normalized spacial score (nSPS) is 16.7. The van der Waals surface area contributed by atoms with Crippen molar-refractivity contribution < 1.29 is 4.79 Å². The Hall–Kier alpha value is -1.88. The molecule has 3 rings (SSSR count). The van der Waals surface area contributed by atoms with Crippen molar-refractivity contribution in [3.05, 3.63) is 40.3 Å². The van der Waals surface area contributed by atoms with Crippen molar-refractivity contribution in [3.63, 3.8) is 0 Å². The van der Waals surface area contributed by atoms with E-state index >= 15 is 0 Å². The third kappa shape index (κ3) is 3.55. The zero-order valence-electron chi connectivity index (χ0n) is 13.7. The molecule has 5 heteroatoms. The Balaban J connectivity index is 1.62. The average molecular weight is 329 g/mol. The molecular weight excluding hydrogens is 306 g/mol. The van der Waals surface area contributed by atoms with E-state index in [1.807, 2.05) is 17.6 Å². The molecule has 1 heterocycles. The van der Waals surface area contributed by atoms with Crippen molar-refractivity contribution in [1.82, 2.24) is 4.98 Å². The number of carbonyl (C=O) groups excluding carboxylic acids is 1. The first-order valence-electron chi connectivity index (χ1n) is 8.28. The van der Waals surface area contributed by atoms with Gasteiger partial charge in [-0.15, -0.1) is 11.3 Å². The molecule has 1 amide bonds. The van der Waals surface area contributed by atoms with E-state index in [9.17, 15) is 4.79 Å². The number of amides is 1. The predicted octanol–water partition coefficient (Wildman–Crippen LogP) is 3.73. The van der Waals surface area contributed by atoms with Crippen LogP contribution in [-0.2, 0) is 17.6 Å². The highest BCUT2D eigenvalue weighted by atomic mass is 32.1. The minimum Gasteiger partial charge on any atom is -0.372 e. The summed E-state index contributed by atoms with van der Waals surface area (Å²) in [5.74, 6) is 0.185. The SMILES string of the molecule is CCN(CC)c1ccc(NC(=O)C2CCc3ncsc3C2)cc1. The first-order chi connectivity index (χ1) is 11.2. The number of benzene rings is 1. The van der Waals surface area contributed by atoms with Gasteiger partial charge in [-0.3, -0.25) is 4.79 Å². The second kappa shape index (κ2) is 7.13. The summed E-state index contributed by atoms with van der Waals surface area (Å²) in [5.41, 5.74) is 5.14. The average Bonchev–Trinajstić information content (AvgIpc) is 3.05. The molecule has 1 aromatic carbocycles. The number of aryl methyl sites for hydroxylation is 1. The Kier molecular flexibility index (Phi) is 4.96. The standard InChI is InChI=1S/C18H23N3OS/c1-3-21(4-2)15-8-6-14(7-9-15)20-18(22)13-5-10-16-17(11-13)23-12-19-16/h6-9,12-13H,3-5,10-11H2,1-2H3,(H,20,22). The number of fused-ring (bicyclic) bond motifs is 1. The van der Waals surface area contributed by atoms with E-state index in [0.717, 1.165) is 38.0 Å². The number of aromatic nitrogens is 1. The third-order valence-corrected chi connectivity index (χ3v) is 5.42. The molecule has 1 aliphatic carbocycles. The van der Waals surface area contributed by atoms with Crippen molar-refractivity contribution in [2.75, 3.05) is 23.3 Å². The topological polar surface area (TPSA) is 45.2 Å². The number of hydrogen-bond donors (Lipinski definition) is 1.